The zero-order valence-corrected chi connectivity index (χ0v) is 82.0. The van der Waals surface area contributed by atoms with E-state index in [-0.39, 0.29) is 74.2 Å². The van der Waals surface area contributed by atoms with Crippen LogP contribution >= 0.6 is 15.8 Å². The van der Waals surface area contributed by atoms with Crippen LogP contribution in [0.3, 0.4) is 0 Å². The third-order valence-corrected chi connectivity index (χ3v) is 20.1. The van der Waals surface area contributed by atoms with Crippen LogP contribution in [0.5, 0.6) is 46.0 Å². The second-order valence-corrected chi connectivity index (χ2v) is 32.6. The summed E-state index contributed by atoms with van der Waals surface area (Å²) >= 11 is 2.69. The molecule has 0 saturated heterocycles. The summed E-state index contributed by atoms with van der Waals surface area (Å²) in [5.74, 6) is 4.60. The van der Waals surface area contributed by atoms with Crippen molar-refractivity contribution in [3.8, 4) is 46.0 Å². The van der Waals surface area contributed by atoms with Crippen molar-refractivity contribution in [1.82, 2.24) is 21.3 Å². The zero-order valence-electron chi connectivity index (χ0n) is 80.4. The summed E-state index contributed by atoms with van der Waals surface area (Å²) in [7, 11) is 0. The standard InChI is InChI=1S/C29H32N2O5.C29H30N2O3.2C22H24N2O3.C10H15N.CH4.BBrHN/c1-20(2)36-28-12-10-23(17-26(28)30-3)29(34)31-14-13-21-9-11-27(24(15-21)16-25(33)18-32)35-19-22-7-5-4-6-8-22;1-5-9-24-18-22(12-14-27(24)33-20-23-10-7-6-8-11-23)16-17-31-29(32)25-13-15-28(34-21(2)3)26(19-25)30-4;1-5-14-26-19-9-6-17(7-10-19)12-13-24-22(25)18-8-11-21(27-16(2)3)20(15-18)23-4;1-5-6-17-13-16(7-9-20(17)25)11-12-24-22(26)18-8-10-21(27-15(2)3)19(14-18)23-4;1-3-11(4-2)10-8-6-5-7-9-10;;2-1-3/h4-12,15,17,20,25,32-33H,13-14,16,18-19H2,1-2H3,(H,31,34);5-8,10-15,18-19,21H,1,9,16-17,20H2,2-3H3,(H,31,32);5-11,15-16H,1,12-14H2,2-3H3,(H,24,25);5,7-10,13-15,25H,1,6,11-12H2,2-3H3,(H,24,26);5-9H,3-4H2,1-2H3;1H4;3H. The number of halogens is 1. The van der Waals surface area contributed by atoms with E-state index >= 15 is 0 Å². The maximum Gasteiger partial charge on any atom is 0.250 e. The molecule has 139 heavy (non-hydrogen) atoms. The van der Waals surface area contributed by atoms with Gasteiger partial charge in [-0.15, -0.1) is 13.2 Å². The van der Waals surface area contributed by atoms with Gasteiger partial charge >= 0.3 is 27.0 Å². The summed E-state index contributed by atoms with van der Waals surface area (Å²) in [5.41, 5.74) is 13.3. The number of hydrogen-bond acceptors (Lipinski definition) is 16. The molecule has 11 aromatic carbocycles. The number of rotatable bonds is 43. The average molecular weight is 1940 g/mol. The summed E-state index contributed by atoms with van der Waals surface area (Å²) in [6.45, 7) is 64.9. The van der Waals surface area contributed by atoms with Crippen LogP contribution in [0.15, 0.2) is 281 Å². The van der Waals surface area contributed by atoms with E-state index in [2.05, 4.69) is 125 Å². The molecule has 0 spiro atoms. The number of amides is 4. The summed E-state index contributed by atoms with van der Waals surface area (Å²) in [6.07, 6.45) is 8.37. The molecule has 0 fully saturated rings. The fourth-order valence-corrected chi connectivity index (χ4v) is 13.5. The van der Waals surface area contributed by atoms with Crippen LogP contribution in [0.4, 0.5) is 28.4 Å². The van der Waals surface area contributed by atoms with Crippen LogP contribution < -0.4 is 59.3 Å². The van der Waals surface area contributed by atoms with Crippen molar-refractivity contribution >= 4 is 73.7 Å². The van der Waals surface area contributed by atoms with Crippen LogP contribution in [-0.4, -0.2) is 128 Å². The van der Waals surface area contributed by atoms with Crippen LogP contribution in [0.1, 0.15) is 168 Å². The number of aliphatic hydroxyl groups is 2. The first-order valence-electron chi connectivity index (χ1n) is 45.6. The van der Waals surface area contributed by atoms with Crippen molar-refractivity contribution in [2.75, 3.05) is 57.4 Å². The van der Waals surface area contributed by atoms with Gasteiger partial charge in [0.2, 0.25) is 46.4 Å². The fourth-order valence-electron chi connectivity index (χ4n) is 13.5. The molecule has 11 rings (SSSR count). The van der Waals surface area contributed by atoms with Crippen molar-refractivity contribution in [2.45, 2.75) is 165 Å². The Bertz CT molecular complexity index is 5870. The fraction of sp³-hybridized carbons (Fsp3) is 0.292. The Morgan fingerprint density at radius 3 is 1.06 bits per heavy atom. The van der Waals surface area contributed by atoms with E-state index in [4.69, 9.17) is 64.8 Å². The molecular weight excluding hydrogens is 1810 g/mol. The van der Waals surface area contributed by atoms with Gasteiger partial charge in [-0.05, 0) is 273 Å². The molecule has 0 saturated carbocycles. The minimum atomic E-state index is -0.890. The number of ether oxygens (including phenoxy) is 7. The van der Waals surface area contributed by atoms with Gasteiger partial charge in [-0.25, -0.2) is 19.4 Å². The van der Waals surface area contributed by atoms with Gasteiger partial charge in [0, 0.05) is 73.6 Å². The van der Waals surface area contributed by atoms with E-state index in [9.17, 15) is 34.5 Å². The number of aliphatic hydroxyl groups excluding tert-OH is 2. The maximum absolute atomic E-state index is 12.6. The second-order valence-electron chi connectivity index (χ2n) is 32.1. The monoisotopic (exact) mass is 1940 g/mol. The first-order chi connectivity index (χ1) is 66.6. The Kier molecular flexibility index (Phi) is 52.7. The Balaban J connectivity index is 0.000000313. The number of phenolic OH excluding ortho intramolecular Hbond substituents is 1. The molecule has 0 aliphatic carbocycles. The summed E-state index contributed by atoms with van der Waals surface area (Å²) in [5, 5.41) is 46.7. The zero-order chi connectivity index (χ0) is 101. The molecule has 0 aliphatic rings. The SMILES string of the molecule is C.CCN(CC)c1ccccc1.N=BBr.[C-]#[N+]c1cc(C(=O)NCCc2ccc(O)c(CC=C)c2)ccc1OC(C)C.[C-]#[N+]c1cc(C(=O)NCCc2ccc(OCC=C)cc2)ccc1OC(C)C.[C-]#[N+]c1cc(C(=O)NCCc2ccc(OCc3ccccc3)c(CC(O)CO)c2)ccc1OC(C)C.[C-]#[N+]c1cc(C(=O)NCCc2ccc(OCc3ccccc3)c(CC=C)c2)ccc1OC(C)C. The van der Waals surface area contributed by atoms with Crippen molar-refractivity contribution in [3.05, 3.63) is 399 Å². The van der Waals surface area contributed by atoms with Gasteiger partial charge in [-0.2, -0.15) is 0 Å². The Morgan fingerprint density at radius 2 is 0.727 bits per heavy atom. The molecule has 1 atom stereocenters. The molecule has 0 bridgehead atoms. The van der Waals surface area contributed by atoms with E-state index < -0.39 is 6.10 Å². The minimum absolute atomic E-state index is 0. The van der Waals surface area contributed by atoms with Crippen LogP contribution in [0, 0.1) is 31.6 Å². The number of nitrogens with zero attached hydrogens (tertiary/aromatic N) is 5. The number of phenols is 1. The Morgan fingerprint density at radius 1 is 0.417 bits per heavy atom. The van der Waals surface area contributed by atoms with Gasteiger partial charge in [-0.3, -0.25) is 19.2 Å². The van der Waals surface area contributed by atoms with E-state index in [1.165, 1.54) is 11.8 Å². The summed E-state index contributed by atoms with van der Waals surface area (Å²) in [4.78, 5) is 66.1. The number of allylic oxidation sites excluding steroid dienone is 2. The number of anilines is 1. The van der Waals surface area contributed by atoms with Gasteiger partial charge in [0.15, 0.2) is 0 Å². The summed E-state index contributed by atoms with van der Waals surface area (Å²) < 4.78 is 39.9. The number of benzene rings is 11. The third kappa shape index (κ3) is 41.6. The molecule has 1 unspecified atom stereocenters. The van der Waals surface area contributed by atoms with Gasteiger partial charge in [0.1, 0.15) is 65.8 Å². The predicted molar refractivity (Wildman–Crippen MR) is 561 cm³/mol. The molecule has 0 heterocycles. The normalized spacial score (nSPS) is 10.3. The number of hydrogen-bond donors (Lipinski definition) is 8. The number of carbonyl (C=O) groups is 4. The first kappa shape index (κ1) is 114. The molecule has 0 radical (unpaired) electrons. The molecule has 0 aliphatic heterocycles. The smallest absolute Gasteiger partial charge is 0.250 e. The molecule has 24 nitrogen and oxygen atoms in total. The van der Waals surface area contributed by atoms with Crippen LogP contribution in [0.2, 0.25) is 0 Å². The van der Waals surface area contributed by atoms with Crippen molar-refractivity contribution in [2.24, 2.45) is 0 Å². The Labute approximate surface area is 830 Å². The van der Waals surface area contributed by atoms with Crippen molar-refractivity contribution in [3.63, 3.8) is 0 Å². The first-order valence-corrected chi connectivity index (χ1v) is 46.5. The molecule has 26 heteroatoms. The third-order valence-electron chi connectivity index (χ3n) is 20.1. The van der Waals surface area contributed by atoms with E-state index in [1.807, 2.05) is 195 Å². The van der Waals surface area contributed by atoms with Crippen LogP contribution in [0.25, 0.3) is 19.4 Å². The largest absolute Gasteiger partial charge is 0.508 e. The van der Waals surface area contributed by atoms with Crippen LogP contribution in [-0.2, 0) is 58.2 Å². The quantitative estimate of drug-likeness (QED) is 0.0100. The molecule has 8 N–H and O–H groups in total. The number of nitrogens with one attached hydrogen (secondary N) is 5. The van der Waals surface area contributed by atoms with Gasteiger partial charge in [-0.1, -0.05) is 160 Å². The molecule has 11 aromatic rings. The number of carbonyl (C=O) groups excluding carboxylic acids is 4. The van der Waals surface area contributed by atoms with Crippen molar-refractivity contribution < 1.29 is 67.7 Å². The maximum atomic E-state index is 12.6. The van der Waals surface area contributed by atoms with Gasteiger partial charge in [0.25, 0.3) is 0 Å². The minimum Gasteiger partial charge on any atom is -0.508 e. The number of aromatic hydroxyl groups is 1. The molecule has 726 valence electrons. The second kappa shape index (κ2) is 64.1. The molecule has 4 amide bonds. The Hall–Kier alpha value is -15.1. The average Bonchev–Trinajstić information content (AvgIpc) is 0.852. The predicted octanol–water partition coefficient (Wildman–Crippen LogP) is 23.7. The molecule has 0 aromatic heterocycles. The summed E-state index contributed by atoms with van der Waals surface area (Å²) in [6, 6.07) is 74.8. The van der Waals surface area contributed by atoms with E-state index in [1.54, 1.807) is 84.9 Å². The molecular formula is C113H130BBrN10O14. The van der Waals surface area contributed by atoms with Gasteiger partial charge < -0.3 is 74.6 Å². The topological polar surface area (TPSA) is 286 Å². The van der Waals surface area contributed by atoms with Gasteiger partial charge in [0.05, 0.1) is 63.4 Å². The van der Waals surface area contributed by atoms with E-state index in [0.29, 0.717) is 158 Å². The van der Waals surface area contributed by atoms with Crippen molar-refractivity contribution in [1.29, 1.82) is 5.31 Å². The van der Waals surface area contributed by atoms with E-state index in [0.717, 1.165) is 80.6 Å². The number of para-hydroxylation sites is 1.